The molecule has 0 bridgehead atoms. The fraction of sp³-hybridized carbons (Fsp3) is 0.258. The summed E-state index contributed by atoms with van der Waals surface area (Å²) in [5.41, 5.74) is 5.47. The van der Waals surface area contributed by atoms with Gasteiger partial charge in [-0.25, -0.2) is 0 Å². The molecule has 2 aliphatic heterocycles. The summed E-state index contributed by atoms with van der Waals surface area (Å²) in [6, 6.07) is 23.4. The first-order chi connectivity index (χ1) is 18.4. The molecule has 0 unspecified atom stereocenters. The van der Waals surface area contributed by atoms with Gasteiger partial charge in [-0.1, -0.05) is 80.6 Å². The van der Waals surface area contributed by atoms with Gasteiger partial charge in [0.1, 0.15) is 12.1 Å². The summed E-state index contributed by atoms with van der Waals surface area (Å²) in [7, 11) is 0. The molecule has 38 heavy (non-hydrogen) atoms. The molecule has 3 amide bonds. The smallest absolute Gasteiger partial charge is 0.255 e. The van der Waals surface area contributed by atoms with E-state index >= 15 is 0 Å². The molecule has 0 radical (unpaired) electrons. The van der Waals surface area contributed by atoms with Crippen LogP contribution < -0.4 is 10.6 Å². The molecular formula is C31H30N4O3. The Morgan fingerprint density at radius 2 is 1.68 bits per heavy atom. The first-order valence-corrected chi connectivity index (χ1v) is 13.1. The molecule has 7 nitrogen and oxygen atoms in total. The predicted molar refractivity (Wildman–Crippen MR) is 145 cm³/mol. The summed E-state index contributed by atoms with van der Waals surface area (Å²) in [6.45, 7) is 4.19. The van der Waals surface area contributed by atoms with E-state index < -0.39 is 12.1 Å². The van der Waals surface area contributed by atoms with Gasteiger partial charge in [0, 0.05) is 35.1 Å². The van der Waals surface area contributed by atoms with E-state index in [9.17, 15) is 14.4 Å². The largest absolute Gasteiger partial charge is 0.356 e. The summed E-state index contributed by atoms with van der Waals surface area (Å²) in [5, 5.41) is 7.01. The minimum absolute atomic E-state index is 0.135. The van der Waals surface area contributed by atoms with Crippen molar-refractivity contribution in [2.24, 2.45) is 5.92 Å². The molecule has 3 N–H and O–H groups in total. The minimum Gasteiger partial charge on any atom is -0.356 e. The third kappa shape index (κ3) is 3.95. The van der Waals surface area contributed by atoms with Crippen molar-refractivity contribution in [1.29, 1.82) is 0 Å². The van der Waals surface area contributed by atoms with E-state index in [2.05, 4.69) is 15.6 Å². The molecular weight excluding hydrogens is 476 g/mol. The zero-order valence-corrected chi connectivity index (χ0v) is 21.4. The lowest BCUT2D eigenvalue weighted by Crippen LogP contribution is -2.57. The van der Waals surface area contributed by atoms with Crippen LogP contribution in [0.5, 0.6) is 0 Å². The molecule has 1 aromatic heterocycles. The van der Waals surface area contributed by atoms with E-state index in [-0.39, 0.29) is 29.7 Å². The number of hydrogen-bond donors (Lipinski definition) is 3. The number of aromatic nitrogens is 1. The number of carbonyl (C=O) groups excluding carboxylic acids is 3. The van der Waals surface area contributed by atoms with Crippen molar-refractivity contribution < 1.29 is 14.4 Å². The Morgan fingerprint density at radius 1 is 0.974 bits per heavy atom. The molecule has 2 aliphatic rings. The van der Waals surface area contributed by atoms with Crippen LogP contribution in [0.3, 0.4) is 0 Å². The van der Waals surface area contributed by atoms with E-state index in [4.69, 9.17) is 0 Å². The van der Waals surface area contributed by atoms with Gasteiger partial charge >= 0.3 is 0 Å². The van der Waals surface area contributed by atoms with E-state index in [1.807, 2.05) is 92.7 Å². The average Bonchev–Trinajstić information content (AvgIpc) is 3.46. The number of nitrogens with one attached hydrogen (secondary N) is 3. The molecule has 0 saturated heterocycles. The highest BCUT2D eigenvalue weighted by atomic mass is 16.2. The van der Waals surface area contributed by atoms with Crippen molar-refractivity contribution in [3.8, 4) is 0 Å². The van der Waals surface area contributed by atoms with Crippen LogP contribution in [-0.4, -0.2) is 39.7 Å². The number of aromatic amines is 1. The van der Waals surface area contributed by atoms with Gasteiger partial charge in [0.2, 0.25) is 11.8 Å². The van der Waals surface area contributed by atoms with Crippen molar-refractivity contribution in [3.05, 3.63) is 107 Å². The van der Waals surface area contributed by atoms with E-state index in [1.165, 1.54) is 0 Å². The Bertz CT molecular complexity index is 1540. The van der Waals surface area contributed by atoms with E-state index in [0.717, 1.165) is 33.3 Å². The second kappa shape index (κ2) is 9.49. The maximum absolute atomic E-state index is 13.9. The predicted octanol–water partition coefficient (Wildman–Crippen LogP) is 4.10. The second-order valence-electron chi connectivity index (χ2n) is 10.4. The summed E-state index contributed by atoms with van der Waals surface area (Å²) >= 11 is 0. The number of fused-ring (bicyclic) bond motifs is 7. The van der Waals surface area contributed by atoms with Crippen LogP contribution in [0.1, 0.15) is 52.6 Å². The van der Waals surface area contributed by atoms with Gasteiger partial charge in [0.25, 0.3) is 5.91 Å². The van der Waals surface area contributed by atoms with Crippen LogP contribution in [-0.2, 0) is 22.6 Å². The molecule has 0 aliphatic carbocycles. The minimum atomic E-state index is -0.741. The second-order valence-corrected chi connectivity index (χ2v) is 10.4. The summed E-state index contributed by atoms with van der Waals surface area (Å²) < 4.78 is 0. The van der Waals surface area contributed by atoms with Crippen molar-refractivity contribution in [2.45, 2.75) is 44.9 Å². The quantitative estimate of drug-likeness (QED) is 0.368. The van der Waals surface area contributed by atoms with Gasteiger partial charge in [-0.2, -0.15) is 0 Å². The fourth-order valence-corrected chi connectivity index (χ4v) is 5.82. The molecule has 6 rings (SSSR count). The average molecular weight is 507 g/mol. The standard InChI is InChI=1S/C31H30N4O3/c1-18(2)26(30(37)32-17-19-10-4-3-5-11-19)34-29(36)25-16-23-20-12-8-9-15-24(20)33-27(23)28-21-13-6-7-14-22(21)31(38)35(25)28/h3-15,18,25-26,28,33H,16-17H2,1-2H3,(H,32,37)(H,34,36)/t25-,26-,28+/m0/s1. The highest BCUT2D eigenvalue weighted by Gasteiger charge is 2.49. The summed E-state index contributed by atoms with van der Waals surface area (Å²) in [5.74, 6) is -0.858. The van der Waals surface area contributed by atoms with Gasteiger partial charge in [-0.3, -0.25) is 14.4 Å². The highest BCUT2D eigenvalue weighted by molar-refractivity contribution is 6.04. The number of amides is 3. The zero-order valence-electron chi connectivity index (χ0n) is 21.4. The third-order valence-corrected chi connectivity index (χ3v) is 7.71. The first kappa shape index (κ1) is 24.0. The highest BCUT2D eigenvalue weighted by Crippen LogP contribution is 2.46. The number of benzene rings is 3. The fourth-order valence-electron chi connectivity index (χ4n) is 5.82. The van der Waals surface area contributed by atoms with Crippen molar-refractivity contribution >= 4 is 28.6 Å². The lowest BCUT2D eigenvalue weighted by atomic mass is 9.89. The molecule has 3 atom stereocenters. The SMILES string of the molecule is CC(C)[C@H](NC(=O)[C@@H]1Cc2c([nH]c3ccccc23)[C@H]2c3ccccc3C(=O)N21)C(=O)NCc1ccccc1. The number of hydrogen-bond acceptors (Lipinski definition) is 3. The third-order valence-electron chi connectivity index (χ3n) is 7.71. The number of rotatable bonds is 6. The normalized spacial score (nSPS) is 18.6. The van der Waals surface area contributed by atoms with Crippen LogP contribution >= 0.6 is 0 Å². The lowest BCUT2D eigenvalue weighted by Gasteiger charge is -2.38. The van der Waals surface area contributed by atoms with Gasteiger partial charge in [-0.05, 0) is 34.7 Å². The number of para-hydroxylation sites is 1. The maximum atomic E-state index is 13.9. The van der Waals surface area contributed by atoms with Crippen LogP contribution in [0.4, 0.5) is 0 Å². The number of carbonyl (C=O) groups is 3. The van der Waals surface area contributed by atoms with E-state index in [1.54, 1.807) is 4.90 Å². The molecule has 192 valence electrons. The Kier molecular flexibility index (Phi) is 5.98. The molecule has 3 heterocycles. The molecule has 0 fully saturated rings. The van der Waals surface area contributed by atoms with E-state index in [0.29, 0.717) is 18.5 Å². The monoisotopic (exact) mass is 506 g/mol. The Morgan fingerprint density at radius 3 is 2.47 bits per heavy atom. The van der Waals surface area contributed by atoms with Crippen LogP contribution in [0.25, 0.3) is 10.9 Å². The van der Waals surface area contributed by atoms with Gasteiger partial charge in [-0.15, -0.1) is 0 Å². The Labute approximate surface area is 221 Å². The van der Waals surface area contributed by atoms with Crippen molar-refractivity contribution in [2.75, 3.05) is 0 Å². The molecule has 3 aromatic carbocycles. The molecule has 7 heteroatoms. The van der Waals surface area contributed by atoms with Crippen molar-refractivity contribution in [1.82, 2.24) is 20.5 Å². The molecule has 0 spiro atoms. The van der Waals surface area contributed by atoms with Gasteiger partial charge < -0.3 is 20.5 Å². The van der Waals surface area contributed by atoms with Crippen LogP contribution in [0.15, 0.2) is 78.9 Å². The van der Waals surface area contributed by atoms with Gasteiger partial charge in [0.05, 0.1) is 6.04 Å². The maximum Gasteiger partial charge on any atom is 0.255 e. The molecule has 4 aromatic rings. The summed E-state index contributed by atoms with van der Waals surface area (Å²) in [4.78, 5) is 45.9. The van der Waals surface area contributed by atoms with Crippen molar-refractivity contribution in [3.63, 3.8) is 0 Å². The number of nitrogens with zero attached hydrogens (tertiary/aromatic N) is 1. The molecule has 0 saturated carbocycles. The first-order valence-electron chi connectivity index (χ1n) is 13.1. The van der Waals surface area contributed by atoms with Gasteiger partial charge in [0.15, 0.2) is 0 Å². The topological polar surface area (TPSA) is 94.3 Å². The summed E-state index contributed by atoms with van der Waals surface area (Å²) in [6.07, 6.45) is 0.373. The van der Waals surface area contributed by atoms with Crippen LogP contribution in [0, 0.1) is 5.92 Å². The number of H-pyrrole nitrogens is 1. The Balaban J connectivity index is 1.32. The van der Waals surface area contributed by atoms with Crippen LogP contribution in [0.2, 0.25) is 0 Å². The Hall–Kier alpha value is -4.39. The lowest BCUT2D eigenvalue weighted by molar-refractivity contribution is -0.133. The zero-order chi connectivity index (χ0) is 26.4.